The SMILES string of the molecule is CCOC(=O)c1c(C)nn2c1NCCC2C(F)(F)F. The molecule has 1 aliphatic rings. The first-order chi connectivity index (χ1) is 8.86. The Balaban J connectivity index is 2.46. The summed E-state index contributed by atoms with van der Waals surface area (Å²) in [5, 5.41) is 6.63. The van der Waals surface area contributed by atoms with Gasteiger partial charge >= 0.3 is 12.1 Å². The molecule has 1 aromatic heterocycles. The minimum absolute atomic E-state index is 0.0794. The van der Waals surface area contributed by atoms with E-state index in [0.29, 0.717) is 0 Å². The first kappa shape index (κ1) is 13.7. The van der Waals surface area contributed by atoms with Crippen molar-refractivity contribution in [3.63, 3.8) is 0 Å². The first-order valence-electron chi connectivity index (χ1n) is 5.93. The summed E-state index contributed by atoms with van der Waals surface area (Å²) in [5.41, 5.74) is 0.313. The van der Waals surface area contributed by atoms with Crippen LogP contribution < -0.4 is 5.32 Å². The van der Waals surface area contributed by atoms with E-state index < -0.39 is 18.2 Å². The number of alkyl halides is 3. The summed E-state index contributed by atoms with van der Waals surface area (Å²) in [6, 6.07) is -1.70. The molecule has 0 aromatic carbocycles. The fourth-order valence-electron chi connectivity index (χ4n) is 2.14. The molecule has 0 saturated carbocycles. The van der Waals surface area contributed by atoms with Gasteiger partial charge in [-0.15, -0.1) is 0 Å². The average molecular weight is 277 g/mol. The molecule has 5 nitrogen and oxygen atoms in total. The van der Waals surface area contributed by atoms with Gasteiger partial charge in [0.05, 0.1) is 12.3 Å². The van der Waals surface area contributed by atoms with E-state index in [0.717, 1.165) is 4.68 Å². The van der Waals surface area contributed by atoms with E-state index in [-0.39, 0.29) is 36.6 Å². The molecule has 106 valence electrons. The maximum absolute atomic E-state index is 12.9. The Kier molecular flexibility index (Phi) is 3.42. The first-order valence-corrected chi connectivity index (χ1v) is 5.93. The summed E-state index contributed by atoms with van der Waals surface area (Å²) >= 11 is 0. The number of hydrogen-bond acceptors (Lipinski definition) is 4. The van der Waals surface area contributed by atoms with Crippen LogP contribution in [0.15, 0.2) is 0 Å². The number of carbonyl (C=O) groups is 1. The number of aromatic nitrogens is 2. The number of anilines is 1. The van der Waals surface area contributed by atoms with Gasteiger partial charge in [-0.05, 0) is 20.3 Å². The van der Waals surface area contributed by atoms with E-state index in [1.165, 1.54) is 6.92 Å². The highest BCUT2D eigenvalue weighted by Crippen LogP contribution is 2.39. The highest BCUT2D eigenvalue weighted by atomic mass is 19.4. The fraction of sp³-hybridized carbons (Fsp3) is 0.636. The van der Waals surface area contributed by atoms with Gasteiger partial charge in [0.25, 0.3) is 0 Å². The number of aryl methyl sites for hydroxylation is 1. The largest absolute Gasteiger partial charge is 0.462 e. The molecule has 19 heavy (non-hydrogen) atoms. The Labute approximate surface area is 107 Å². The van der Waals surface area contributed by atoms with E-state index in [1.807, 2.05) is 0 Å². The normalized spacial score (nSPS) is 18.7. The van der Waals surface area contributed by atoms with Crippen LogP contribution in [0, 0.1) is 6.92 Å². The van der Waals surface area contributed by atoms with E-state index >= 15 is 0 Å². The van der Waals surface area contributed by atoms with E-state index in [2.05, 4.69) is 10.4 Å². The second-order valence-corrected chi connectivity index (χ2v) is 4.25. The summed E-state index contributed by atoms with van der Waals surface area (Å²) in [6.07, 6.45) is -4.50. The summed E-state index contributed by atoms with van der Waals surface area (Å²) in [7, 11) is 0. The van der Waals surface area contributed by atoms with Crippen molar-refractivity contribution in [3.05, 3.63) is 11.3 Å². The zero-order valence-corrected chi connectivity index (χ0v) is 10.5. The molecule has 0 spiro atoms. The standard InChI is InChI=1S/C11H14F3N3O2/c1-3-19-10(18)8-6(2)16-17-7(11(12,13)14)4-5-15-9(8)17/h7,15H,3-5H2,1-2H3. The Bertz CT molecular complexity index is 496. The lowest BCUT2D eigenvalue weighted by Gasteiger charge is -2.27. The molecule has 0 radical (unpaired) electrons. The van der Waals surface area contributed by atoms with Crippen LogP contribution in [0.25, 0.3) is 0 Å². The summed E-state index contributed by atoms with van der Waals surface area (Å²) < 4.78 is 44.4. The lowest BCUT2D eigenvalue weighted by atomic mass is 10.1. The lowest BCUT2D eigenvalue weighted by molar-refractivity contribution is -0.171. The molecule has 1 unspecified atom stereocenters. The highest BCUT2D eigenvalue weighted by Gasteiger charge is 2.45. The quantitative estimate of drug-likeness (QED) is 0.843. The monoisotopic (exact) mass is 277 g/mol. The Morgan fingerprint density at radius 2 is 2.26 bits per heavy atom. The summed E-state index contributed by atoms with van der Waals surface area (Å²) in [6.45, 7) is 3.43. The zero-order valence-electron chi connectivity index (χ0n) is 10.5. The molecule has 2 rings (SSSR count). The topological polar surface area (TPSA) is 56.1 Å². The number of hydrogen-bond donors (Lipinski definition) is 1. The second-order valence-electron chi connectivity index (χ2n) is 4.25. The molecule has 1 N–H and O–H groups in total. The van der Waals surface area contributed by atoms with Crippen molar-refractivity contribution in [1.29, 1.82) is 0 Å². The molecular weight excluding hydrogens is 263 g/mol. The number of ether oxygens (including phenoxy) is 1. The zero-order chi connectivity index (χ0) is 14.2. The van der Waals surface area contributed by atoms with Crippen LogP contribution in [0.1, 0.15) is 35.4 Å². The Morgan fingerprint density at radius 1 is 1.58 bits per heavy atom. The predicted molar refractivity (Wildman–Crippen MR) is 61.1 cm³/mol. The molecule has 2 heterocycles. The van der Waals surface area contributed by atoms with Gasteiger partial charge < -0.3 is 10.1 Å². The fourth-order valence-corrected chi connectivity index (χ4v) is 2.14. The third kappa shape index (κ3) is 2.39. The second kappa shape index (κ2) is 4.75. The van der Waals surface area contributed by atoms with Gasteiger partial charge in [-0.2, -0.15) is 18.3 Å². The molecule has 0 amide bonds. The van der Waals surface area contributed by atoms with Gasteiger partial charge in [-0.1, -0.05) is 0 Å². The molecule has 0 saturated heterocycles. The van der Waals surface area contributed by atoms with Crippen molar-refractivity contribution >= 4 is 11.8 Å². The Morgan fingerprint density at radius 3 is 2.84 bits per heavy atom. The van der Waals surface area contributed by atoms with Crippen LogP contribution in [0.3, 0.4) is 0 Å². The minimum Gasteiger partial charge on any atom is -0.462 e. The molecule has 0 aliphatic carbocycles. The summed E-state index contributed by atoms with van der Waals surface area (Å²) in [5.74, 6) is -0.568. The minimum atomic E-state index is -4.39. The lowest BCUT2D eigenvalue weighted by Crippen LogP contribution is -2.34. The molecular formula is C11H14F3N3O2. The van der Waals surface area contributed by atoms with Crippen LogP contribution in [0.4, 0.5) is 19.0 Å². The Hall–Kier alpha value is -1.73. The highest BCUT2D eigenvalue weighted by molar-refractivity contribution is 5.96. The van der Waals surface area contributed by atoms with Crippen LogP contribution in [0.5, 0.6) is 0 Å². The van der Waals surface area contributed by atoms with E-state index in [1.54, 1.807) is 6.92 Å². The number of nitrogens with zero attached hydrogens (tertiary/aromatic N) is 2. The maximum Gasteiger partial charge on any atom is 0.410 e. The number of rotatable bonds is 2. The van der Waals surface area contributed by atoms with E-state index in [4.69, 9.17) is 4.74 Å². The predicted octanol–water partition coefficient (Wildman–Crippen LogP) is 2.29. The number of halogens is 3. The van der Waals surface area contributed by atoms with Gasteiger partial charge in [0, 0.05) is 6.54 Å². The van der Waals surface area contributed by atoms with Crippen molar-refractivity contribution in [2.45, 2.75) is 32.5 Å². The third-order valence-corrected chi connectivity index (χ3v) is 2.95. The van der Waals surface area contributed by atoms with Gasteiger partial charge in [0.1, 0.15) is 11.4 Å². The van der Waals surface area contributed by atoms with Crippen LogP contribution in [0.2, 0.25) is 0 Å². The molecule has 0 fully saturated rings. The molecule has 1 aromatic rings. The molecule has 0 bridgehead atoms. The van der Waals surface area contributed by atoms with Gasteiger partial charge in [0.2, 0.25) is 0 Å². The number of esters is 1. The van der Waals surface area contributed by atoms with Crippen LogP contribution in [-0.4, -0.2) is 35.1 Å². The molecule has 1 atom stereocenters. The van der Waals surface area contributed by atoms with Crippen LogP contribution in [-0.2, 0) is 4.74 Å². The van der Waals surface area contributed by atoms with Crippen LogP contribution >= 0.6 is 0 Å². The van der Waals surface area contributed by atoms with Crippen molar-refractivity contribution in [3.8, 4) is 0 Å². The van der Waals surface area contributed by atoms with Crippen molar-refractivity contribution in [1.82, 2.24) is 9.78 Å². The number of nitrogens with one attached hydrogen (secondary N) is 1. The molecule has 1 aliphatic heterocycles. The van der Waals surface area contributed by atoms with Gasteiger partial charge in [0.15, 0.2) is 6.04 Å². The number of carbonyl (C=O) groups excluding carboxylic acids is 1. The van der Waals surface area contributed by atoms with Crippen molar-refractivity contribution in [2.75, 3.05) is 18.5 Å². The third-order valence-electron chi connectivity index (χ3n) is 2.95. The van der Waals surface area contributed by atoms with Crippen molar-refractivity contribution in [2.24, 2.45) is 0 Å². The van der Waals surface area contributed by atoms with E-state index in [9.17, 15) is 18.0 Å². The maximum atomic E-state index is 12.9. The average Bonchev–Trinajstić information content (AvgIpc) is 2.63. The van der Waals surface area contributed by atoms with Gasteiger partial charge in [-0.3, -0.25) is 0 Å². The summed E-state index contributed by atoms with van der Waals surface area (Å²) in [4.78, 5) is 11.8. The molecule has 8 heteroatoms. The smallest absolute Gasteiger partial charge is 0.410 e. The van der Waals surface area contributed by atoms with Gasteiger partial charge in [-0.25, -0.2) is 9.48 Å². The number of fused-ring (bicyclic) bond motifs is 1. The van der Waals surface area contributed by atoms with Crippen molar-refractivity contribution < 1.29 is 22.7 Å².